The van der Waals surface area contributed by atoms with E-state index in [4.69, 9.17) is 29.7 Å². The van der Waals surface area contributed by atoms with Crippen LogP contribution in [0.2, 0.25) is 0 Å². The standard InChI is InChI=1S/3C2H4O2.H2S/c3*1-2(3)4;/h3*1H3,(H,3,4);1H2. The molecule has 0 heterocycles. The predicted octanol–water partition coefficient (Wildman–Crippen LogP) is 0.385. The van der Waals surface area contributed by atoms with Crippen molar-refractivity contribution in [2.24, 2.45) is 0 Å². The Labute approximate surface area is 82.6 Å². The third kappa shape index (κ3) is 537. The van der Waals surface area contributed by atoms with Gasteiger partial charge in [-0.2, -0.15) is 13.5 Å². The predicted molar refractivity (Wildman–Crippen MR) is 50.3 cm³/mol. The van der Waals surface area contributed by atoms with Gasteiger partial charge in [0.1, 0.15) is 0 Å². The molecule has 3 N–H and O–H groups in total. The van der Waals surface area contributed by atoms with Crippen LogP contribution in [0.5, 0.6) is 0 Å². The van der Waals surface area contributed by atoms with E-state index in [2.05, 4.69) is 0 Å². The molecule has 0 aliphatic heterocycles. The van der Waals surface area contributed by atoms with Crippen LogP contribution in [0.1, 0.15) is 20.8 Å². The van der Waals surface area contributed by atoms with E-state index in [-0.39, 0.29) is 13.5 Å². The molecule has 13 heavy (non-hydrogen) atoms. The molecule has 0 aliphatic carbocycles. The Morgan fingerprint density at radius 3 is 0.692 bits per heavy atom. The summed E-state index contributed by atoms with van der Waals surface area (Å²) < 4.78 is 0. The molecule has 0 rings (SSSR count). The second kappa shape index (κ2) is 17.0. The average molecular weight is 214 g/mol. The zero-order valence-corrected chi connectivity index (χ0v) is 8.57. The number of carboxylic acid groups (broad SMARTS) is 3. The molecule has 0 saturated heterocycles. The average Bonchev–Trinajstić information content (AvgIpc) is 1.54. The third-order valence-corrected chi connectivity index (χ3v) is 0. The molecule has 80 valence electrons. The summed E-state index contributed by atoms with van der Waals surface area (Å²) in [6.07, 6.45) is 0. The quantitative estimate of drug-likeness (QED) is 0.537. The van der Waals surface area contributed by atoms with Gasteiger partial charge in [0.15, 0.2) is 0 Å². The topological polar surface area (TPSA) is 112 Å². The molecule has 0 amide bonds. The molecule has 0 unspecified atom stereocenters. The highest BCUT2D eigenvalue weighted by atomic mass is 32.1. The van der Waals surface area contributed by atoms with E-state index in [1.54, 1.807) is 0 Å². The molecule has 0 aromatic rings. The van der Waals surface area contributed by atoms with Crippen molar-refractivity contribution < 1.29 is 29.7 Å². The first-order valence-corrected chi connectivity index (χ1v) is 2.78. The van der Waals surface area contributed by atoms with Gasteiger partial charge in [0.05, 0.1) is 0 Å². The lowest BCUT2D eigenvalue weighted by Gasteiger charge is -1.59. The summed E-state index contributed by atoms with van der Waals surface area (Å²) in [5.41, 5.74) is 0. The van der Waals surface area contributed by atoms with Crippen molar-refractivity contribution in [3.05, 3.63) is 0 Å². The first-order chi connectivity index (χ1) is 5.20. The number of hydrogen-bond donors (Lipinski definition) is 3. The molecule has 0 radical (unpaired) electrons. The first-order valence-electron chi connectivity index (χ1n) is 2.78. The summed E-state index contributed by atoms with van der Waals surface area (Å²) in [6.45, 7) is 3.25. The highest BCUT2D eigenvalue weighted by Gasteiger charge is 1.66. The van der Waals surface area contributed by atoms with Crippen LogP contribution in [0.15, 0.2) is 0 Å². The van der Waals surface area contributed by atoms with E-state index >= 15 is 0 Å². The Hall–Kier alpha value is -1.24. The van der Waals surface area contributed by atoms with Crippen molar-refractivity contribution in [1.82, 2.24) is 0 Å². The molecular formula is C6H14O6S. The smallest absolute Gasteiger partial charge is 0.300 e. The molecule has 7 heteroatoms. The first kappa shape index (κ1) is 22.6. The van der Waals surface area contributed by atoms with Crippen molar-refractivity contribution in [3.8, 4) is 0 Å². The molecule has 0 spiro atoms. The molecule has 0 fully saturated rings. The van der Waals surface area contributed by atoms with Crippen LogP contribution < -0.4 is 0 Å². The van der Waals surface area contributed by atoms with Gasteiger partial charge in [0, 0.05) is 20.8 Å². The van der Waals surface area contributed by atoms with Gasteiger partial charge in [0.25, 0.3) is 17.9 Å². The third-order valence-electron chi connectivity index (χ3n) is 0. The number of hydrogen-bond acceptors (Lipinski definition) is 3. The van der Waals surface area contributed by atoms with Gasteiger partial charge in [-0.3, -0.25) is 14.4 Å². The molecule has 0 bridgehead atoms. The van der Waals surface area contributed by atoms with Crippen LogP contribution in [-0.4, -0.2) is 33.2 Å². The van der Waals surface area contributed by atoms with Crippen molar-refractivity contribution in [2.45, 2.75) is 20.8 Å². The van der Waals surface area contributed by atoms with Crippen molar-refractivity contribution in [3.63, 3.8) is 0 Å². The molecule has 0 aliphatic rings. The molecule has 0 aromatic carbocycles. The minimum Gasteiger partial charge on any atom is -0.481 e. The van der Waals surface area contributed by atoms with E-state index in [0.29, 0.717) is 0 Å². The van der Waals surface area contributed by atoms with Gasteiger partial charge in [-0.15, -0.1) is 0 Å². The van der Waals surface area contributed by atoms with Crippen molar-refractivity contribution in [2.75, 3.05) is 0 Å². The van der Waals surface area contributed by atoms with Gasteiger partial charge in [-0.05, 0) is 0 Å². The minimum atomic E-state index is -0.833. The lowest BCUT2D eigenvalue weighted by atomic mass is 10.9. The molecule has 0 saturated carbocycles. The van der Waals surface area contributed by atoms with E-state index in [9.17, 15) is 0 Å². The fraction of sp³-hybridized carbons (Fsp3) is 0.500. The van der Waals surface area contributed by atoms with Gasteiger partial charge < -0.3 is 15.3 Å². The Balaban J connectivity index is -0.0000000450. The maximum absolute atomic E-state index is 9.00. The largest absolute Gasteiger partial charge is 0.481 e. The van der Waals surface area contributed by atoms with Crippen LogP contribution in [0.25, 0.3) is 0 Å². The summed E-state index contributed by atoms with van der Waals surface area (Å²) in [4.78, 5) is 27.0. The molecule has 6 nitrogen and oxygen atoms in total. The van der Waals surface area contributed by atoms with Crippen LogP contribution in [0, 0.1) is 0 Å². The number of carbonyl (C=O) groups is 3. The van der Waals surface area contributed by atoms with Gasteiger partial charge in [0.2, 0.25) is 0 Å². The Morgan fingerprint density at radius 1 is 0.692 bits per heavy atom. The van der Waals surface area contributed by atoms with Crippen molar-refractivity contribution >= 4 is 31.4 Å². The summed E-state index contributed by atoms with van der Waals surface area (Å²) >= 11 is 0. The number of rotatable bonds is 0. The van der Waals surface area contributed by atoms with E-state index in [1.807, 2.05) is 0 Å². The highest BCUT2D eigenvalue weighted by Crippen LogP contribution is 1.42. The second-order valence-corrected chi connectivity index (χ2v) is 1.56. The van der Waals surface area contributed by atoms with Crippen LogP contribution in [0.4, 0.5) is 0 Å². The van der Waals surface area contributed by atoms with E-state index < -0.39 is 17.9 Å². The molecule has 0 atom stereocenters. The summed E-state index contributed by atoms with van der Waals surface area (Å²) in [6, 6.07) is 0. The number of carboxylic acids is 3. The van der Waals surface area contributed by atoms with Gasteiger partial charge in [-0.25, -0.2) is 0 Å². The second-order valence-electron chi connectivity index (χ2n) is 1.56. The lowest BCUT2D eigenvalue weighted by Crippen LogP contribution is -1.78. The summed E-state index contributed by atoms with van der Waals surface area (Å²) in [5.74, 6) is -2.50. The summed E-state index contributed by atoms with van der Waals surface area (Å²) in [5, 5.41) is 22.2. The SMILES string of the molecule is CC(=O)O.CC(=O)O.CC(=O)O.S. The Bertz CT molecular complexity index is 115. The number of aliphatic carboxylic acids is 3. The Kier molecular flexibility index (Phi) is 29.6. The van der Waals surface area contributed by atoms with Crippen molar-refractivity contribution in [1.29, 1.82) is 0 Å². The van der Waals surface area contributed by atoms with Crippen LogP contribution in [0.3, 0.4) is 0 Å². The van der Waals surface area contributed by atoms with Gasteiger partial charge >= 0.3 is 0 Å². The Morgan fingerprint density at radius 2 is 0.692 bits per heavy atom. The molecule has 0 aromatic heterocycles. The van der Waals surface area contributed by atoms with Crippen LogP contribution >= 0.6 is 13.5 Å². The fourth-order valence-corrected chi connectivity index (χ4v) is 0. The minimum absolute atomic E-state index is 0. The lowest BCUT2D eigenvalue weighted by molar-refractivity contribution is -0.135. The normalized spacial score (nSPS) is 5.77. The summed E-state index contributed by atoms with van der Waals surface area (Å²) in [7, 11) is 0. The highest BCUT2D eigenvalue weighted by molar-refractivity contribution is 7.59. The molecular weight excluding hydrogens is 200 g/mol. The fourth-order valence-electron chi connectivity index (χ4n) is 0. The van der Waals surface area contributed by atoms with Crippen LogP contribution in [-0.2, 0) is 14.4 Å². The van der Waals surface area contributed by atoms with Gasteiger partial charge in [-0.1, -0.05) is 0 Å². The van der Waals surface area contributed by atoms with E-state index in [0.717, 1.165) is 20.8 Å². The van der Waals surface area contributed by atoms with E-state index in [1.165, 1.54) is 0 Å². The zero-order chi connectivity index (χ0) is 10.7. The zero-order valence-electron chi connectivity index (χ0n) is 7.57. The maximum Gasteiger partial charge on any atom is 0.300 e. The maximum atomic E-state index is 9.00. The monoisotopic (exact) mass is 214 g/mol.